The van der Waals surface area contributed by atoms with Crippen LogP contribution in [0, 0.1) is 0 Å². The smallest absolute Gasteiger partial charge is 0.294 e. The van der Waals surface area contributed by atoms with Gasteiger partial charge in [-0.3, -0.25) is 14.1 Å². The Labute approximate surface area is 97.6 Å². The van der Waals surface area contributed by atoms with Crippen LogP contribution >= 0.6 is 0 Å². The van der Waals surface area contributed by atoms with E-state index >= 15 is 0 Å². The molecule has 1 aliphatic rings. The fraction of sp³-hybridized carbons (Fsp3) is 0.200. The van der Waals surface area contributed by atoms with Crippen molar-refractivity contribution in [2.24, 2.45) is 0 Å². The van der Waals surface area contributed by atoms with Gasteiger partial charge in [0.2, 0.25) is 5.91 Å². The van der Waals surface area contributed by atoms with Crippen molar-refractivity contribution in [1.29, 1.82) is 0 Å². The van der Waals surface area contributed by atoms with Crippen molar-refractivity contribution < 1.29 is 22.6 Å². The second-order valence-corrected chi connectivity index (χ2v) is 5.09. The Bertz CT molecular complexity index is 592. The Morgan fingerprint density at radius 2 is 1.94 bits per heavy atom. The molecule has 1 saturated heterocycles. The molecule has 0 radical (unpaired) electrons. The molecule has 0 aromatic heterocycles. The van der Waals surface area contributed by atoms with Gasteiger partial charge in [0.25, 0.3) is 10.1 Å². The third-order valence-electron chi connectivity index (χ3n) is 2.41. The van der Waals surface area contributed by atoms with Gasteiger partial charge in [-0.15, -0.1) is 0 Å². The molecule has 0 unspecified atom stereocenters. The standard InChI is InChI=1S/C10H9NO5S/c12-8-5-10(13)11(6-8)7-2-1-3-9(4-7)17(14,15)16/h1-4H,5-6H2,(H,14,15,16). The van der Waals surface area contributed by atoms with Gasteiger partial charge in [-0.05, 0) is 18.2 Å². The minimum absolute atomic E-state index is 0.0617. The molecule has 6 nitrogen and oxygen atoms in total. The summed E-state index contributed by atoms with van der Waals surface area (Å²) in [5.74, 6) is -0.588. The van der Waals surface area contributed by atoms with Crippen LogP contribution in [0.4, 0.5) is 5.69 Å². The molecular weight excluding hydrogens is 246 g/mol. The van der Waals surface area contributed by atoms with E-state index in [-0.39, 0.29) is 35.2 Å². The van der Waals surface area contributed by atoms with E-state index in [4.69, 9.17) is 4.55 Å². The molecule has 1 aromatic rings. The second kappa shape index (κ2) is 3.94. The summed E-state index contributed by atoms with van der Waals surface area (Å²) in [6, 6.07) is 5.27. The summed E-state index contributed by atoms with van der Waals surface area (Å²) >= 11 is 0. The minimum Gasteiger partial charge on any atom is -0.305 e. The Balaban J connectivity index is 2.41. The fourth-order valence-corrected chi connectivity index (χ4v) is 2.15. The predicted molar refractivity (Wildman–Crippen MR) is 58.2 cm³/mol. The number of nitrogens with zero attached hydrogens (tertiary/aromatic N) is 1. The van der Waals surface area contributed by atoms with Gasteiger partial charge in [0, 0.05) is 5.69 Å². The number of hydrogen-bond donors (Lipinski definition) is 1. The van der Waals surface area contributed by atoms with E-state index in [2.05, 4.69) is 0 Å². The van der Waals surface area contributed by atoms with Gasteiger partial charge in [0.1, 0.15) is 0 Å². The molecule has 1 N–H and O–H groups in total. The molecule has 1 aromatic carbocycles. The second-order valence-electron chi connectivity index (χ2n) is 3.67. The van der Waals surface area contributed by atoms with E-state index < -0.39 is 10.1 Å². The van der Waals surface area contributed by atoms with Crippen LogP contribution in [-0.2, 0) is 19.7 Å². The molecule has 7 heteroatoms. The van der Waals surface area contributed by atoms with Crippen LogP contribution in [0.25, 0.3) is 0 Å². The van der Waals surface area contributed by atoms with Gasteiger partial charge < -0.3 is 4.90 Å². The number of rotatable bonds is 2. The van der Waals surface area contributed by atoms with Gasteiger partial charge in [0.15, 0.2) is 5.78 Å². The van der Waals surface area contributed by atoms with E-state index in [0.29, 0.717) is 0 Å². The first-order valence-corrected chi connectivity index (χ1v) is 6.21. The quantitative estimate of drug-likeness (QED) is 0.603. The molecule has 1 amide bonds. The first kappa shape index (κ1) is 11.7. The largest absolute Gasteiger partial charge is 0.305 e. The lowest BCUT2D eigenvalue weighted by molar-refractivity contribution is -0.121. The van der Waals surface area contributed by atoms with E-state index in [9.17, 15) is 18.0 Å². The van der Waals surface area contributed by atoms with Gasteiger partial charge in [-0.1, -0.05) is 6.07 Å². The highest BCUT2D eigenvalue weighted by Crippen LogP contribution is 2.22. The highest BCUT2D eigenvalue weighted by atomic mass is 32.2. The number of amides is 1. The van der Waals surface area contributed by atoms with Crippen LogP contribution in [0.5, 0.6) is 0 Å². The SMILES string of the molecule is O=C1CC(=O)N(c2cccc(S(=O)(=O)O)c2)C1. The van der Waals surface area contributed by atoms with E-state index in [0.717, 1.165) is 6.07 Å². The molecule has 0 aliphatic carbocycles. The zero-order chi connectivity index (χ0) is 12.6. The summed E-state index contributed by atoms with van der Waals surface area (Å²) in [6.45, 7) is -0.0617. The maximum absolute atomic E-state index is 11.4. The van der Waals surface area contributed by atoms with E-state index in [1.165, 1.54) is 23.1 Å². The lowest BCUT2D eigenvalue weighted by Gasteiger charge is -2.14. The lowest BCUT2D eigenvalue weighted by atomic mass is 10.3. The molecule has 1 fully saturated rings. The van der Waals surface area contributed by atoms with Crippen LogP contribution in [0.1, 0.15) is 6.42 Å². The van der Waals surface area contributed by atoms with Crippen molar-refractivity contribution in [2.75, 3.05) is 11.4 Å². The summed E-state index contributed by atoms with van der Waals surface area (Å²) in [5, 5.41) is 0. The summed E-state index contributed by atoms with van der Waals surface area (Å²) in [5.41, 5.74) is 0.288. The van der Waals surface area contributed by atoms with Crippen molar-refractivity contribution in [3.05, 3.63) is 24.3 Å². The Morgan fingerprint density at radius 3 is 2.47 bits per heavy atom. The zero-order valence-electron chi connectivity index (χ0n) is 8.66. The molecule has 0 atom stereocenters. The van der Waals surface area contributed by atoms with Gasteiger partial charge in [-0.25, -0.2) is 0 Å². The first-order chi connectivity index (χ1) is 7.88. The molecule has 1 heterocycles. The Hall–Kier alpha value is -1.73. The van der Waals surface area contributed by atoms with E-state index in [1.807, 2.05) is 0 Å². The van der Waals surface area contributed by atoms with Crippen molar-refractivity contribution in [3.63, 3.8) is 0 Å². The normalized spacial score (nSPS) is 16.6. The van der Waals surface area contributed by atoms with Crippen LogP contribution in [0.15, 0.2) is 29.2 Å². The molecular formula is C10H9NO5S. The molecule has 1 aliphatic heterocycles. The number of benzene rings is 1. The number of hydrogen-bond acceptors (Lipinski definition) is 4. The maximum atomic E-state index is 11.4. The number of anilines is 1. The van der Waals surface area contributed by atoms with Crippen molar-refractivity contribution >= 4 is 27.5 Å². The highest BCUT2D eigenvalue weighted by molar-refractivity contribution is 7.85. The zero-order valence-corrected chi connectivity index (χ0v) is 9.48. The Kier molecular flexibility index (Phi) is 2.72. The van der Waals surface area contributed by atoms with Gasteiger partial charge >= 0.3 is 0 Å². The first-order valence-electron chi connectivity index (χ1n) is 4.77. The average Bonchev–Trinajstić information content (AvgIpc) is 2.57. The summed E-state index contributed by atoms with van der Waals surface area (Å²) in [6.07, 6.45) is -0.171. The van der Waals surface area contributed by atoms with Crippen molar-refractivity contribution in [1.82, 2.24) is 0 Å². The van der Waals surface area contributed by atoms with Gasteiger partial charge in [0.05, 0.1) is 17.9 Å². The van der Waals surface area contributed by atoms with Crippen molar-refractivity contribution in [2.45, 2.75) is 11.3 Å². The summed E-state index contributed by atoms with van der Waals surface area (Å²) in [4.78, 5) is 23.4. The third kappa shape index (κ3) is 2.34. The molecule has 17 heavy (non-hydrogen) atoms. The van der Waals surface area contributed by atoms with Crippen LogP contribution in [0.2, 0.25) is 0 Å². The monoisotopic (exact) mass is 255 g/mol. The Morgan fingerprint density at radius 1 is 1.24 bits per heavy atom. The van der Waals surface area contributed by atoms with Gasteiger partial charge in [-0.2, -0.15) is 8.42 Å². The third-order valence-corrected chi connectivity index (χ3v) is 3.26. The molecule has 0 saturated carbocycles. The number of ketones is 1. The number of carbonyl (C=O) groups is 2. The van der Waals surface area contributed by atoms with Crippen molar-refractivity contribution in [3.8, 4) is 0 Å². The average molecular weight is 255 g/mol. The number of Topliss-reactive ketones (excluding diaryl/α,β-unsaturated/α-hetero) is 1. The van der Waals surface area contributed by atoms with Crippen LogP contribution in [-0.4, -0.2) is 31.2 Å². The van der Waals surface area contributed by atoms with Crippen LogP contribution < -0.4 is 4.90 Å². The van der Waals surface area contributed by atoms with E-state index in [1.54, 1.807) is 0 Å². The molecule has 2 rings (SSSR count). The highest BCUT2D eigenvalue weighted by Gasteiger charge is 2.29. The summed E-state index contributed by atoms with van der Waals surface area (Å²) in [7, 11) is -4.31. The molecule has 0 bridgehead atoms. The fourth-order valence-electron chi connectivity index (χ4n) is 1.63. The molecule has 0 spiro atoms. The van der Waals surface area contributed by atoms with Crippen LogP contribution in [0.3, 0.4) is 0 Å². The maximum Gasteiger partial charge on any atom is 0.294 e. The molecule has 90 valence electrons. The predicted octanol–water partition coefficient (Wildman–Crippen LogP) is 0.239. The lowest BCUT2D eigenvalue weighted by Crippen LogP contribution is -2.24. The summed E-state index contributed by atoms with van der Waals surface area (Å²) < 4.78 is 30.7. The minimum atomic E-state index is -4.31. The topological polar surface area (TPSA) is 91.8 Å². The number of carbonyl (C=O) groups excluding carboxylic acids is 2.